The third-order valence-corrected chi connectivity index (χ3v) is 2.50. The molecule has 0 radical (unpaired) electrons. The Kier molecular flexibility index (Phi) is 2.23. The first-order valence-electron chi connectivity index (χ1n) is 4.96. The van der Waals surface area contributed by atoms with Crippen LogP contribution in [0.2, 0.25) is 0 Å². The smallest absolute Gasteiger partial charge is 0.0734 e. The quantitative estimate of drug-likeness (QED) is 0.769. The minimum atomic E-state index is 0.731. The zero-order chi connectivity index (χ0) is 11.0. The maximum atomic E-state index is 5.77. The van der Waals surface area contributed by atoms with Crippen molar-refractivity contribution in [2.24, 2.45) is 0 Å². The highest BCUT2D eigenvalue weighted by atomic mass is 15.3. The fourth-order valence-corrected chi connectivity index (χ4v) is 1.76. The van der Waals surface area contributed by atoms with Crippen molar-refractivity contribution in [2.45, 2.75) is 20.8 Å². The van der Waals surface area contributed by atoms with Crippen molar-refractivity contribution < 1.29 is 0 Å². The largest absolute Gasteiger partial charge is 0.396 e. The standard InChI is InChI=1S/C12H15N3/c1-8-4-9(2)6-11(5-8)15-10(3)12(13)7-14-15/h4-7H,13H2,1-3H3. The molecule has 3 heteroatoms. The number of nitrogen functional groups attached to an aromatic ring is 1. The summed E-state index contributed by atoms with van der Waals surface area (Å²) in [7, 11) is 0. The van der Waals surface area contributed by atoms with Crippen LogP contribution in [0.25, 0.3) is 5.69 Å². The number of benzene rings is 1. The van der Waals surface area contributed by atoms with E-state index in [1.54, 1.807) is 6.20 Å². The van der Waals surface area contributed by atoms with E-state index >= 15 is 0 Å². The highest BCUT2D eigenvalue weighted by Gasteiger charge is 2.05. The summed E-state index contributed by atoms with van der Waals surface area (Å²) in [6.07, 6.45) is 1.69. The van der Waals surface area contributed by atoms with Gasteiger partial charge in [-0.3, -0.25) is 0 Å². The van der Waals surface area contributed by atoms with Crippen LogP contribution in [0.1, 0.15) is 16.8 Å². The first-order chi connectivity index (χ1) is 7.08. The van der Waals surface area contributed by atoms with Gasteiger partial charge >= 0.3 is 0 Å². The number of rotatable bonds is 1. The van der Waals surface area contributed by atoms with Crippen LogP contribution >= 0.6 is 0 Å². The van der Waals surface area contributed by atoms with Crippen molar-refractivity contribution >= 4 is 5.69 Å². The van der Waals surface area contributed by atoms with Crippen LogP contribution in [0, 0.1) is 20.8 Å². The fourth-order valence-electron chi connectivity index (χ4n) is 1.76. The molecule has 0 saturated heterocycles. The lowest BCUT2D eigenvalue weighted by molar-refractivity contribution is 0.845. The predicted molar refractivity (Wildman–Crippen MR) is 62.2 cm³/mol. The molecule has 1 aromatic heterocycles. The zero-order valence-corrected chi connectivity index (χ0v) is 9.28. The molecule has 0 atom stereocenters. The van der Waals surface area contributed by atoms with Crippen molar-refractivity contribution in [3.63, 3.8) is 0 Å². The van der Waals surface area contributed by atoms with Gasteiger partial charge in [-0.15, -0.1) is 0 Å². The van der Waals surface area contributed by atoms with E-state index in [0.717, 1.165) is 17.1 Å². The van der Waals surface area contributed by atoms with Gasteiger partial charge in [0.05, 0.1) is 23.3 Å². The SMILES string of the molecule is Cc1cc(C)cc(-n2ncc(N)c2C)c1. The van der Waals surface area contributed by atoms with Crippen molar-refractivity contribution in [2.75, 3.05) is 5.73 Å². The summed E-state index contributed by atoms with van der Waals surface area (Å²) in [5, 5.41) is 4.26. The molecule has 0 aliphatic carbocycles. The van der Waals surface area contributed by atoms with Gasteiger partial charge in [-0.05, 0) is 44.0 Å². The third kappa shape index (κ3) is 1.73. The van der Waals surface area contributed by atoms with Gasteiger partial charge in [-0.25, -0.2) is 4.68 Å². The number of hydrogen-bond donors (Lipinski definition) is 1. The summed E-state index contributed by atoms with van der Waals surface area (Å²) in [5.41, 5.74) is 11.0. The summed E-state index contributed by atoms with van der Waals surface area (Å²) < 4.78 is 1.87. The van der Waals surface area contributed by atoms with E-state index in [9.17, 15) is 0 Å². The van der Waals surface area contributed by atoms with E-state index in [0.29, 0.717) is 0 Å². The molecule has 3 nitrogen and oxygen atoms in total. The van der Waals surface area contributed by atoms with Gasteiger partial charge < -0.3 is 5.73 Å². The van der Waals surface area contributed by atoms with Crippen LogP contribution in [0.3, 0.4) is 0 Å². The number of anilines is 1. The van der Waals surface area contributed by atoms with Gasteiger partial charge in [0, 0.05) is 0 Å². The number of nitrogens with two attached hydrogens (primary N) is 1. The molecule has 1 aromatic carbocycles. The maximum Gasteiger partial charge on any atom is 0.0734 e. The van der Waals surface area contributed by atoms with Gasteiger partial charge in [-0.2, -0.15) is 5.10 Å². The molecular formula is C12H15N3. The normalized spacial score (nSPS) is 10.6. The molecule has 15 heavy (non-hydrogen) atoms. The lowest BCUT2D eigenvalue weighted by atomic mass is 10.1. The average Bonchev–Trinajstić information content (AvgIpc) is 2.46. The number of hydrogen-bond acceptors (Lipinski definition) is 2. The second kappa shape index (κ2) is 3.42. The molecule has 2 rings (SSSR count). The zero-order valence-electron chi connectivity index (χ0n) is 9.28. The van der Waals surface area contributed by atoms with Gasteiger partial charge in [0.15, 0.2) is 0 Å². The molecule has 0 fully saturated rings. The predicted octanol–water partition coefficient (Wildman–Crippen LogP) is 2.38. The van der Waals surface area contributed by atoms with Crippen LogP contribution in [-0.2, 0) is 0 Å². The molecule has 78 valence electrons. The van der Waals surface area contributed by atoms with Crippen LogP contribution in [-0.4, -0.2) is 9.78 Å². The van der Waals surface area contributed by atoms with E-state index in [1.807, 2.05) is 11.6 Å². The second-order valence-electron chi connectivity index (χ2n) is 3.94. The lowest BCUT2D eigenvalue weighted by Gasteiger charge is -2.07. The first-order valence-corrected chi connectivity index (χ1v) is 4.96. The van der Waals surface area contributed by atoms with Gasteiger partial charge in [0.2, 0.25) is 0 Å². The molecule has 2 N–H and O–H groups in total. The van der Waals surface area contributed by atoms with E-state index in [-0.39, 0.29) is 0 Å². The summed E-state index contributed by atoms with van der Waals surface area (Å²) >= 11 is 0. The summed E-state index contributed by atoms with van der Waals surface area (Å²) in [6, 6.07) is 6.35. The number of aryl methyl sites for hydroxylation is 2. The Morgan fingerprint density at radius 1 is 1.07 bits per heavy atom. The molecule has 0 saturated carbocycles. The molecule has 0 bridgehead atoms. The summed E-state index contributed by atoms with van der Waals surface area (Å²) in [4.78, 5) is 0. The minimum absolute atomic E-state index is 0.731. The average molecular weight is 201 g/mol. The Hall–Kier alpha value is -1.77. The summed E-state index contributed by atoms with van der Waals surface area (Å²) in [6.45, 7) is 6.14. The molecule has 0 aliphatic rings. The molecule has 0 spiro atoms. The monoisotopic (exact) mass is 201 g/mol. The minimum Gasteiger partial charge on any atom is -0.396 e. The highest BCUT2D eigenvalue weighted by Crippen LogP contribution is 2.17. The van der Waals surface area contributed by atoms with Gasteiger partial charge in [0.1, 0.15) is 0 Å². The Morgan fingerprint density at radius 2 is 1.67 bits per heavy atom. The second-order valence-corrected chi connectivity index (χ2v) is 3.94. The summed E-state index contributed by atoms with van der Waals surface area (Å²) in [5.74, 6) is 0. The van der Waals surface area contributed by atoms with Crippen molar-refractivity contribution in [1.82, 2.24) is 9.78 Å². The van der Waals surface area contributed by atoms with E-state index in [4.69, 9.17) is 5.73 Å². The molecule has 0 amide bonds. The Balaban J connectivity index is 2.58. The van der Waals surface area contributed by atoms with E-state index in [2.05, 4.69) is 37.1 Å². The number of nitrogens with zero attached hydrogens (tertiary/aromatic N) is 2. The molecule has 2 aromatic rings. The molecule has 0 aliphatic heterocycles. The van der Waals surface area contributed by atoms with E-state index < -0.39 is 0 Å². The van der Waals surface area contributed by atoms with Gasteiger partial charge in [0.25, 0.3) is 0 Å². The van der Waals surface area contributed by atoms with Crippen LogP contribution in [0.4, 0.5) is 5.69 Å². The molecular weight excluding hydrogens is 186 g/mol. The van der Waals surface area contributed by atoms with Crippen LogP contribution in [0.15, 0.2) is 24.4 Å². The third-order valence-electron chi connectivity index (χ3n) is 2.50. The van der Waals surface area contributed by atoms with Crippen molar-refractivity contribution in [1.29, 1.82) is 0 Å². The van der Waals surface area contributed by atoms with Crippen LogP contribution < -0.4 is 5.73 Å². The Bertz CT molecular complexity index is 477. The molecule has 0 unspecified atom stereocenters. The topological polar surface area (TPSA) is 43.8 Å². The van der Waals surface area contributed by atoms with E-state index in [1.165, 1.54) is 11.1 Å². The highest BCUT2D eigenvalue weighted by molar-refractivity contribution is 5.47. The molecule has 1 heterocycles. The maximum absolute atomic E-state index is 5.77. The number of aromatic nitrogens is 2. The Morgan fingerprint density at radius 3 is 2.13 bits per heavy atom. The van der Waals surface area contributed by atoms with Crippen molar-refractivity contribution in [3.8, 4) is 5.69 Å². The van der Waals surface area contributed by atoms with Crippen molar-refractivity contribution in [3.05, 3.63) is 41.2 Å². The first kappa shape index (κ1) is 9.77. The lowest BCUT2D eigenvalue weighted by Crippen LogP contribution is -2.00. The Labute approximate surface area is 89.5 Å². The van der Waals surface area contributed by atoms with Gasteiger partial charge in [-0.1, -0.05) is 6.07 Å². The van der Waals surface area contributed by atoms with Crippen LogP contribution in [0.5, 0.6) is 0 Å². The fraction of sp³-hybridized carbons (Fsp3) is 0.250.